The predicted molar refractivity (Wildman–Crippen MR) is 63.6 cm³/mol. The summed E-state index contributed by atoms with van der Waals surface area (Å²) in [5.74, 6) is 0.871. The number of benzene rings is 1. The average molecular weight is 244 g/mol. The Morgan fingerprint density at radius 2 is 2.13 bits per heavy atom. The zero-order valence-corrected chi connectivity index (χ0v) is 9.82. The number of hydrogen-bond acceptors (Lipinski definition) is 2. The highest BCUT2D eigenvalue weighted by atomic mass is 35.5. The van der Waals surface area contributed by atoms with Crippen LogP contribution in [-0.4, -0.2) is 6.54 Å². The van der Waals surface area contributed by atoms with E-state index < -0.39 is 0 Å². The summed E-state index contributed by atoms with van der Waals surface area (Å²) in [6, 6.07) is 5.65. The Morgan fingerprint density at radius 1 is 1.33 bits per heavy atom. The molecule has 0 bridgehead atoms. The summed E-state index contributed by atoms with van der Waals surface area (Å²) in [7, 11) is 0. The summed E-state index contributed by atoms with van der Waals surface area (Å²) in [5.41, 5.74) is 0.664. The molecule has 0 aliphatic heterocycles. The molecule has 0 radical (unpaired) electrons. The average Bonchev–Trinajstić information content (AvgIpc) is 2.64. The topological polar surface area (TPSA) is 25.2 Å². The molecule has 2 rings (SSSR count). The Kier molecular flexibility index (Phi) is 3.19. The van der Waals surface area contributed by atoms with E-state index in [1.54, 1.807) is 6.07 Å². The van der Waals surface area contributed by atoms with Crippen LogP contribution in [0.5, 0.6) is 0 Å². The third-order valence-electron chi connectivity index (χ3n) is 2.18. The van der Waals surface area contributed by atoms with Crippen molar-refractivity contribution in [2.24, 2.45) is 0 Å². The highest BCUT2D eigenvalue weighted by Gasteiger charge is 2.09. The molecule has 1 N–H and O–H groups in total. The van der Waals surface area contributed by atoms with Crippen LogP contribution in [0.2, 0.25) is 10.0 Å². The normalized spacial score (nSPS) is 11.1. The first-order valence-electron chi connectivity index (χ1n) is 4.79. The van der Waals surface area contributed by atoms with Crippen molar-refractivity contribution in [2.45, 2.75) is 13.5 Å². The SMILES string of the molecule is CCNCc1cc2ccc(Cl)c(Cl)c2o1. The Morgan fingerprint density at radius 3 is 2.87 bits per heavy atom. The Bertz CT molecular complexity index is 479. The van der Waals surface area contributed by atoms with E-state index in [1.165, 1.54) is 0 Å². The molecule has 2 nitrogen and oxygen atoms in total. The Balaban J connectivity index is 2.42. The standard InChI is InChI=1S/C11H11Cl2NO/c1-2-14-6-8-5-7-3-4-9(12)10(13)11(7)15-8/h3-5,14H,2,6H2,1H3. The van der Waals surface area contributed by atoms with Crippen LogP contribution in [0.4, 0.5) is 0 Å². The number of furan rings is 1. The Labute approximate surface area is 98.2 Å². The summed E-state index contributed by atoms with van der Waals surface area (Å²) >= 11 is 11.9. The van der Waals surface area contributed by atoms with E-state index in [4.69, 9.17) is 27.6 Å². The van der Waals surface area contributed by atoms with Crippen LogP contribution in [-0.2, 0) is 6.54 Å². The molecule has 2 aromatic rings. The molecule has 0 spiro atoms. The maximum absolute atomic E-state index is 6.03. The van der Waals surface area contributed by atoms with Crippen LogP contribution in [0.15, 0.2) is 22.6 Å². The minimum absolute atomic E-state index is 0.483. The van der Waals surface area contributed by atoms with Gasteiger partial charge in [0.2, 0.25) is 0 Å². The third-order valence-corrected chi connectivity index (χ3v) is 2.97. The van der Waals surface area contributed by atoms with Gasteiger partial charge in [-0.15, -0.1) is 0 Å². The monoisotopic (exact) mass is 243 g/mol. The molecule has 80 valence electrons. The number of halogens is 2. The zero-order chi connectivity index (χ0) is 10.8. The smallest absolute Gasteiger partial charge is 0.154 e. The molecule has 0 amide bonds. The van der Waals surface area contributed by atoms with Crippen LogP contribution >= 0.6 is 23.2 Å². The molecule has 0 unspecified atom stereocenters. The van der Waals surface area contributed by atoms with Gasteiger partial charge in [-0.1, -0.05) is 30.1 Å². The molecule has 1 aromatic carbocycles. The highest BCUT2D eigenvalue weighted by Crippen LogP contribution is 2.32. The van der Waals surface area contributed by atoms with E-state index in [0.717, 1.165) is 17.7 Å². The third kappa shape index (κ3) is 2.12. The minimum atomic E-state index is 0.483. The van der Waals surface area contributed by atoms with Crippen molar-refractivity contribution >= 4 is 34.2 Å². The van der Waals surface area contributed by atoms with Gasteiger partial charge in [-0.2, -0.15) is 0 Å². The van der Waals surface area contributed by atoms with Gasteiger partial charge in [0.15, 0.2) is 5.58 Å². The van der Waals surface area contributed by atoms with Gasteiger partial charge in [0.1, 0.15) is 10.8 Å². The van der Waals surface area contributed by atoms with Crippen LogP contribution in [0, 0.1) is 0 Å². The molecule has 15 heavy (non-hydrogen) atoms. The maximum Gasteiger partial charge on any atom is 0.154 e. The highest BCUT2D eigenvalue weighted by molar-refractivity contribution is 6.44. The quantitative estimate of drug-likeness (QED) is 0.887. The van der Waals surface area contributed by atoms with E-state index in [9.17, 15) is 0 Å². The second kappa shape index (κ2) is 4.44. The summed E-state index contributed by atoms with van der Waals surface area (Å²) in [6.45, 7) is 3.66. The van der Waals surface area contributed by atoms with Crippen molar-refractivity contribution in [1.82, 2.24) is 5.32 Å². The molecule has 0 saturated heterocycles. The second-order valence-corrected chi connectivity index (χ2v) is 4.06. The molecule has 0 aliphatic carbocycles. The van der Waals surface area contributed by atoms with E-state index >= 15 is 0 Å². The summed E-state index contributed by atoms with van der Waals surface area (Å²) in [5, 5.41) is 5.18. The summed E-state index contributed by atoms with van der Waals surface area (Å²) < 4.78 is 5.60. The number of fused-ring (bicyclic) bond motifs is 1. The fraction of sp³-hybridized carbons (Fsp3) is 0.273. The summed E-state index contributed by atoms with van der Waals surface area (Å²) in [4.78, 5) is 0. The lowest BCUT2D eigenvalue weighted by atomic mass is 10.2. The molecule has 0 aliphatic rings. The Hall–Kier alpha value is -0.700. The van der Waals surface area contributed by atoms with Crippen LogP contribution in [0.25, 0.3) is 11.0 Å². The number of rotatable bonds is 3. The largest absolute Gasteiger partial charge is 0.458 e. The lowest BCUT2D eigenvalue weighted by Gasteiger charge is -1.96. The van der Waals surface area contributed by atoms with E-state index in [0.29, 0.717) is 22.2 Å². The van der Waals surface area contributed by atoms with Gasteiger partial charge in [-0.05, 0) is 24.7 Å². The lowest BCUT2D eigenvalue weighted by Crippen LogP contribution is -2.10. The first-order chi connectivity index (χ1) is 7.22. The zero-order valence-electron chi connectivity index (χ0n) is 8.31. The van der Waals surface area contributed by atoms with Gasteiger partial charge in [0.25, 0.3) is 0 Å². The second-order valence-electron chi connectivity index (χ2n) is 3.27. The van der Waals surface area contributed by atoms with Gasteiger partial charge in [-0.25, -0.2) is 0 Å². The van der Waals surface area contributed by atoms with E-state index in [2.05, 4.69) is 5.32 Å². The number of nitrogens with one attached hydrogen (secondary N) is 1. The van der Waals surface area contributed by atoms with Gasteiger partial charge in [0.05, 0.1) is 11.6 Å². The molecule has 0 fully saturated rings. The first kappa shape index (κ1) is 10.8. The fourth-order valence-electron chi connectivity index (χ4n) is 1.43. The molecule has 0 saturated carbocycles. The van der Waals surface area contributed by atoms with Crippen molar-refractivity contribution < 1.29 is 4.42 Å². The van der Waals surface area contributed by atoms with Crippen molar-refractivity contribution in [3.63, 3.8) is 0 Å². The fourth-order valence-corrected chi connectivity index (χ4v) is 1.79. The van der Waals surface area contributed by atoms with Crippen molar-refractivity contribution in [2.75, 3.05) is 6.54 Å². The van der Waals surface area contributed by atoms with E-state index in [-0.39, 0.29) is 0 Å². The molecular weight excluding hydrogens is 233 g/mol. The molecular formula is C11H11Cl2NO. The van der Waals surface area contributed by atoms with Crippen molar-refractivity contribution in [3.05, 3.63) is 34.0 Å². The van der Waals surface area contributed by atoms with Crippen LogP contribution in [0.1, 0.15) is 12.7 Å². The van der Waals surface area contributed by atoms with E-state index in [1.807, 2.05) is 19.1 Å². The van der Waals surface area contributed by atoms with Crippen LogP contribution < -0.4 is 5.32 Å². The maximum atomic E-state index is 6.03. The van der Waals surface area contributed by atoms with Gasteiger partial charge < -0.3 is 9.73 Å². The molecule has 0 atom stereocenters. The minimum Gasteiger partial charge on any atom is -0.458 e. The lowest BCUT2D eigenvalue weighted by molar-refractivity contribution is 0.520. The first-order valence-corrected chi connectivity index (χ1v) is 5.55. The molecule has 4 heteroatoms. The van der Waals surface area contributed by atoms with Crippen molar-refractivity contribution in [1.29, 1.82) is 0 Å². The van der Waals surface area contributed by atoms with Gasteiger partial charge in [0, 0.05) is 5.39 Å². The summed E-state index contributed by atoms with van der Waals surface area (Å²) in [6.07, 6.45) is 0. The molecule has 1 aromatic heterocycles. The van der Waals surface area contributed by atoms with Crippen molar-refractivity contribution in [3.8, 4) is 0 Å². The van der Waals surface area contributed by atoms with Crippen LogP contribution in [0.3, 0.4) is 0 Å². The molecule has 1 heterocycles. The van der Waals surface area contributed by atoms with Gasteiger partial charge in [-0.3, -0.25) is 0 Å². The predicted octanol–water partition coefficient (Wildman–Crippen LogP) is 3.85. The van der Waals surface area contributed by atoms with Gasteiger partial charge >= 0.3 is 0 Å². The number of hydrogen-bond donors (Lipinski definition) is 1.